The zero-order valence-electron chi connectivity index (χ0n) is 20.9. The van der Waals surface area contributed by atoms with E-state index < -0.39 is 5.41 Å². The van der Waals surface area contributed by atoms with Crippen LogP contribution in [-0.4, -0.2) is 55.4 Å². The maximum Gasteiger partial charge on any atom is 0.251 e. The van der Waals surface area contributed by atoms with Crippen molar-refractivity contribution in [2.24, 2.45) is 5.41 Å². The lowest BCUT2D eigenvalue weighted by atomic mass is 9.73. The Morgan fingerprint density at radius 1 is 1.03 bits per heavy atom. The molecule has 8 nitrogen and oxygen atoms in total. The van der Waals surface area contributed by atoms with Crippen LogP contribution < -0.4 is 20.1 Å². The molecule has 6 bridgehead atoms. The van der Waals surface area contributed by atoms with Gasteiger partial charge in [0.15, 0.2) is 11.5 Å². The van der Waals surface area contributed by atoms with Crippen LogP contribution in [0.2, 0.25) is 0 Å². The van der Waals surface area contributed by atoms with E-state index in [1.807, 2.05) is 48.5 Å². The van der Waals surface area contributed by atoms with Crippen LogP contribution in [-0.2, 0) is 16.0 Å². The van der Waals surface area contributed by atoms with Crippen LogP contribution in [0.15, 0.2) is 72.8 Å². The highest BCUT2D eigenvalue weighted by Crippen LogP contribution is 2.52. The molecule has 0 unspecified atom stereocenters. The lowest BCUT2D eigenvalue weighted by Crippen LogP contribution is -2.48. The molecule has 3 aromatic rings. The zero-order chi connectivity index (χ0) is 26.1. The van der Waals surface area contributed by atoms with Crippen LogP contribution in [0, 0.1) is 5.41 Å². The van der Waals surface area contributed by atoms with E-state index in [9.17, 15) is 14.4 Å². The zero-order valence-corrected chi connectivity index (χ0v) is 20.9. The summed E-state index contributed by atoms with van der Waals surface area (Å²) >= 11 is 0. The summed E-state index contributed by atoms with van der Waals surface area (Å²) in [6.45, 7) is 1.51. The van der Waals surface area contributed by atoms with Gasteiger partial charge in [-0.1, -0.05) is 42.5 Å². The highest BCUT2D eigenvalue weighted by atomic mass is 16.5. The number of nitrogens with one attached hydrogen (secondary N) is 2. The Kier molecular flexibility index (Phi) is 6.23. The molecule has 2 atom stereocenters. The minimum absolute atomic E-state index is 0.0408. The molecule has 3 amide bonds. The molecular formula is C30H29N3O5. The molecule has 3 aromatic carbocycles. The van der Waals surface area contributed by atoms with Gasteiger partial charge in [-0.3, -0.25) is 14.4 Å². The number of ether oxygens (including phenoxy) is 2. The van der Waals surface area contributed by atoms with E-state index in [0.717, 1.165) is 11.1 Å². The van der Waals surface area contributed by atoms with Gasteiger partial charge in [0.25, 0.3) is 5.91 Å². The summed E-state index contributed by atoms with van der Waals surface area (Å²) in [6, 6.07) is 22.4. The summed E-state index contributed by atoms with van der Waals surface area (Å²) in [6.07, 6.45) is 0.963. The number of hydrogen-bond acceptors (Lipinski definition) is 5. The number of benzene rings is 3. The summed E-state index contributed by atoms with van der Waals surface area (Å²) in [7, 11) is 0. The first-order valence-electron chi connectivity index (χ1n) is 12.9. The fraction of sp³-hybridized carbons (Fsp3) is 0.300. The third-order valence-electron chi connectivity index (χ3n) is 7.73. The Balaban J connectivity index is 1.27. The number of nitrogens with zero attached hydrogens (tertiary/aromatic N) is 1. The summed E-state index contributed by atoms with van der Waals surface area (Å²) in [5, 5.41) is 5.86. The first-order valence-corrected chi connectivity index (χ1v) is 12.9. The van der Waals surface area contributed by atoms with Gasteiger partial charge in [0.2, 0.25) is 11.8 Å². The molecule has 1 spiro atoms. The highest BCUT2D eigenvalue weighted by molar-refractivity contribution is 5.96. The van der Waals surface area contributed by atoms with Gasteiger partial charge >= 0.3 is 0 Å². The standard InChI is InChI=1S/C30H29N3O5/c34-26-13-12-20-6-4-9-22(14-20)38-25-11-5-10-23-24-16-33(18-30(24,17-32-26)19-37-28(23)25)27(35)15-31-29(36)21-7-2-1-3-8-21/h1-11,14,24H,12-13,15-19H2,(H,31,36)(H,32,34)/t24-,30+/m1/s1. The van der Waals surface area contributed by atoms with Crippen molar-refractivity contribution in [2.45, 2.75) is 18.8 Å². The average Bonchev–Trinajstić information content (AvgIpc) is 3.35. The monoisotopic (exact) mass is 511 g/mol. The molecule has 4 aliphatic rings. The van der Waals surface area contributed by atoms with Crippen LogP contribution in [0.25, 0.3) is 0 Å². The van der Waals surface area contributed by atoms with Crippen molar-refractivity contribution in [1.29, 1.82) is 0 Å². The predicted octanol–water partition coefficient (Wildman–Crippen LogP) is 3.28. The number of amides is 3. The number of carbonyl (C=O) groups is 3. The minimum Gasteiger partial charge on any atom is -0.489 e. The van der Waals surface area contributed by atoms with Crippen molar-refractivity contribution in [3.63, 3.8) is 0 Å². The Morgan fingerprint density at radius 2 is 1.87 bits per heavy atom. The topological polar surface area (TPSA) is 97.0 Å². The van der Waals surface area contributed by atoms with Crippen molar-refractivity contribution < 1.29 is 23.9 Å². The maximum absolute atomic E-state index is 13.3. The summed E-state index contributed by atoms with van der Waals surface area (Å²) in [5.74, 6) is 1.44. The highest BCUT2D eigenvalue weighted by Gasteiger charge is 2.53. The van der Waals surface area contributed by atoms with Crippen LogP contribution >= 0.6 is 0 Å². The number of rotatable bonds is 3. The molecule has 4 aliphatic heterocycles. The smallest absolute Gasteiger partial charge is 0.251 e. The van der Waals surface area contributed by atoms with Crippen LogP contribution in [0.3, 0.4) is 0 Å². The quantitative estimate of drug-likeness (QED) is 0.563. The molecule has 0 radical (unpaired) electrons. The average molecular weight is 512 g/mol. The first kappa shape index (κ1) is 24.0. The third kappa shape index (κ3) is 4.58. The van der Waals surface area contributed by atoms with E-state index in [1.54, 1.807) is 29.2 Å². The van der Waals surface area contributed by atoms with Crippen molar-refractivity contribution in [2.75, 3.05) is 32.8 Å². The number of carbonyl (C=O) groups excluding carboxylic acids is 3. The van der Waals surface area contributed by atoms with Gasteiger partial charge in [-0.2, -0.15) is 0 Å². The molecule has 0 aromatic heterocycles. The predicted molar refractivity (Wildman–Crippen MR) is 140 cm³/mol. The number of aryl methyl sites for hydroxylation is 1. The first-order chi connectivity index (χ1) is 18.5. The van der Waals surface area contributed by atoms with Gasteiger partial charge in [0.05, 0.1) is 13.2 Å². The lowest BCUT2D eigenvalue weighted by molar-refractivity contribution is -0.129. The summed E-state index contributed by atoms with van der Waals surface area (Å²) < 4.78 is 12.6. The van der Waals surface area contributed by atoms with Gasteiger partial charge in [0, 0.05) is 48.5 Å². The van der Waals surface area contributed by atoms with Gasteiger partial charge in [-0.25, -0.2) is 0 Å². The number of hydrogen-bond donors (Lipinski definition) is 2. The molecule has 7 rings (SSSR count). The normalized spacial score (nSPS) is 21.8. The molecular weight excluding hydrogens is 482 g/mol. The van der Waals surface area contributed by atoms with E-state index in [4.69, 9.17) is 9.47 Å². The van der Waals surface area contributed by atoms with E-state index >= 15 is 0 Å². The molecule has 1 saturated heterocycles. The van der Waals surface area contributed by atoms with Crippen LogP contribution in [0.4, 0.5) is 0 Å². The second kappa shape index (κ2) is 9.85. The number of likely N-dealkylation sites (tertiary alicyclic amines) is 1. The molecule has 1 fully saturated rings. The van der Waals surface area contributed by atoms with Gasteiger partial charge in [0.1, 0.15) is 5.75 Å². The van der Waals surface area contributed by atoms with Crippen molar-refractivity contribution in [1.82, 2.24) is 15.5 Å². The molecule has 0 aliphatic carbocycles. The minimum atomic E-state index is -0.487. The second-order valence-electron chi connectivity index (χ2n) is 10.2. The molecule has 8 heteroatoms. The van der Waals surface area contributed by atoms with Crippen molar-refractivity contribution >= 4 is 17.7 Å². The lowest BCUT2D eigenvalue weighted by Gasteiger charge is -2.39. The van der Waals surface area contributed by atoms with E-state index in [2.05, 4.69) is 10.6 Å². The fourth-order valence-electron chi connectivity index (χ4n) is 5.69. The van der Waals surface area contributed by atoms with Crippen LogP contribution in [0.5, 0.6) is 17.2 Å². The van der Waals surface area contributed by atoms with Crippen LogP contribution in [0.1, 0.15) is 33.8 Å². The molecule has 2 N–H and O–H groups in total. The van der Waals surface area contributed by atoms with E-state index in [0.29, 0.717) is 61.9 Å². The van der Waals surface area contributed by atoms with Gasteiger partial charge < -0.3 is 25.0 Å². The summed E-state index contributed by atoms with van der Waals surface area (Å²) in [4.78, 5) is 40.3. The molecule has 194 valence electrons. The van der Waals surface area contributed by atoms with Crippen molar-refractivity contribution in [3.05, 3.63) is 89.5 Å². The molecule has 4 heterocycles. The Labute approximate surface area is 220 Å². The number of fused-ring (bicyclic) bond motifs is 5. The van der Waals surface area contributed by atoms with E-state index in [-0.39, 0.29) is 30.2 Å². The third-order valence-corrected chi connectivity index (χ3v) is 7.73. The molecule has 38 heavy (non-hydrogen) atoms. The maximum atomic E-state index is 13.3. The largest absolute Gasteiger partial charge is 0.489 e. The van der Waals surface area contributed by atoms with Gasteiger partial charge in [-0.05, 0) is 42.3 Å². The SMILES string of the molecule is O=C1CCc2cccc(c2)Oc2cccc3c2OC[C@]2(CN1)CN(C(=O)CNC(=O)c1ccccc1)C[C@H]32. The van der Waals surface area contributed by atoms with E-state index in [1.165, 1.54) is 0 Å². The number of para-hydroxylation sites is 1. The summed E-state index contributed by atoms with van der Waals surface area (Å²) in [5.41, 5.74) is 2.00. The Hall–Kier alpha value is -4.33. The fourth-order valence-corrected chi connectivity index (χ4v) is 5.69. The Bertz CT molecular complexity index is 1390. The Morgan fingerprint density at radius 3 is 2.74 bits per heavy atom. The van der Waals surface area contributed by atoms with Gasteiger partial charge in [-0.15, -0.1) is 0 Å². The molecule has 0 saturated carbocycles. The second-order valence-corrected chi connectivity index (χ2v) is 10.2. The van der Waals surface area contributed by atoms with Crippen molar-refractivity contribution in [3.8, 4) is 17.2 Å².